The number of halogens is 3. The van der Waals surface area contributed by atoms with Gasteiger partial charge < -0.3 is 25.6 Å². The highest BCUT2D eigenvalue weighted by molar-refractivity contribution is 5.96. The molecule has 13 heteroatoms. The molecule has 3 heterocycles. The number of nitrogens with two attached hydrogens (primary N) is 1. The zero-order valence-corrected chi connectivity index (χ0v) is 23.8. The first-order chi connectivity index (χ1) is 19.8. The van der Waals surface area contributed by atoms with Crippen LogP contribution in [0.15, 0.2) is 48.7 Å². The first-order valence-electron chi connectivity index (χ1n) is 13.2. The minimum atomic E-state index is -4.52. The average Bonchev–Trinajstić information content (AvgIpc) is 3.28. The summed E-state index contributed by atoms with van der Waals surface area (Å²) in [6.45, 7) is 4.60. The van der Waals surface area contributed by atoms with Crippen molar-refractivity contribution in [3.63, 3.8) is 0 Å². The Kier molecular flexibility index (Phi) is 7.43. The standard InChI is InChI=1S/C29H31F3N8O2/c1-16(18-10-19(29(30,31)32)12-20(33)11-18)35-26-23-13-21(6-7-24(23)36-17(2)37-26)39(4)22-14-25(27(42-5)34-15-22)40-9-8-38(3)28(40)41/h6-7,10-16H,8-9,33H2,1-5H3,(H,35,36,37)/t16-/m1/s1. The molecule has 10 nitrogen and oxygen atoms in total. The van der Waals surface area contributed by atoms with E-state index in [0.717, 1.165) is 17.8 Å². The maximum atomic E-state index is 13.4. The van der Waals surface area contributed by atoms with Crippen LogP contribution in [-0.4, -0.2) is 60.2 Å². The van der Waals surface area contributed by atoms with Crippen molar-refractivity contribution in [3.8, 4) is 5.88 Å². The van der Waals surface area contributed by atoms with Gasteiger partial charge >= 0.3 is 12.2 Å². The normalized spacial score (nSPS) is 14.4. The lowest BCUT2D eigenvalue weighted by atomic mass is 10.0. The molecule has 0 radical (unpaired) electrons. The number of fused-ring (bicyclic) bond motifs is 1. The molecular weight excluding hydrogens is 549 g/mol. The molecular formula is C29H31F3N8O2. The molecule has 0 bridgehead atoms. The number of carbonyl (C=O) groups is 1. The Labute approximate surface area is 240 Å². The third-order valence-corrected chi connectivity index (χ3v) is 7.24. The number of anilines is 5. The number of nitrogen functional groups attached to an aromatic ring is 1. The van der Waals surface area contributed by atoms with Gasteiger partial charge in [-0.3, -0.25) is 4.90 Å². The first-order valence-corrected chi connectivity index (χ1v) is 13.2. The molecule has 42 heavy (non-hydrogen) atoms. The monoisotopic (exact) mass is 580 g/mol. The van der Waals surface area contributed by atoms with Gasteiger partial charge in [-0.15, -0.1) is 0 Å². The number of nitrogens with one attached hydrogen (secondary N) is 1. The molecule has 2 aromatic carbocycles. The van der Waals surface area contributed by atoms with Gasteiger partial charge in [0.15, 0.2) is 0 Å². The quantitative estimate of drug-likeness (QED) is 0.266. The Bertz CT molecular complexity index is 1660. The van der Waals surface area contributed by atoms with Crippen LogP contribution in [0.5, 0.6) is 5.88 Å². The van der Waals surface area contributed by atoms with E-state index in [4.69, 9.17) is 10.5 Å². The van der Waals surface area contributed by atoms with E-state index < -0.39 is 17.8 Å². The maximum Gasteiger partial charge on any atom is 0.416 e. The van der Waals surface area contributed by atoms with E-state index in [2.05, 4.69) is 20.3 Å². The lowest BCUT2D eigenvalue weighted by molar-refractivity contribution is -0.137. The summed E-state index contributed by atoms with van der Waals surface area (Å²) in [4.78, 5) is 31.4. The molecule has 1 fully saturated rings. The molecule has 0 unspecified atom stereocenters. The molecule has 1 saturated heterocycles. The number of ether oxygens (including phenoxy) is 1. The van der Waals surface area contributed by atoms with Gasteiger partial charge in [0, 0.05) is 43.9 Å². The predicted molar refractivity (Wildman–Crippen MR) is 156 cm³/mol. The molecule has 0 aliphatic carbocycles. The largest absolute Gasteiger partial charge is 0.480 e. The Hall–Kier alpha value is -4.81. The van der Waals surface area contributed by atoms with E-state index in [1.165, 1.54) is 13.2 Å². The van der Waals surface area contributed by atoms with E-state index in [9.17, 15) is 18.0 Å². The molecule has 0 spiro atoms. The number of methoxy groups -OCH3 is 1. The van der Waals surface area contributed by atoms with E-state index in [1.54, 1.807) is 36.9 Å². The van der Waals surface area contributed by atoms with Gasteiger partial charge in [-0.05, 0) is 61.9 Å². The lowest BCUT2D eigenvalue weighted by Crippen LogP contribution is -2.29. The number of pyridine rings is 1. The summed E-state index contributed by atoms with van der Waals surface area (Å²) in [6, 6.07) is 10.3. The summed E-state index contributed by atoms with van der Waals surface area (Å²) < 4.78 is 45.7. The fourth-order valence-corrected chi connectivity index (χ4v) is 4.91. The zero-order valence-electron chi connectivity index (χ0n) is 23.8. The molecule has 3 N–H and O–H groups in total. The van der Waals surface area contributed by atoms with Crippen LogP contribution in [0.1, 0.15) is 29.9 Å². The van der Waals surface area contributed by atoms with Crippen LogP contribution in [0.4, 0.5) is 46.5 Å². The third kappa shape index (κ3) is 5.54. The summed E-state index contributed by atoms with van der Waals surface area (Å²) >= 11 is 0. The van der Waals surface area contributed by atoms with Crippen LogP contribution in [-0.2, 0) is 6.18 Å². The first kappa shape index (κ1) is 28.7. The number of amides is 2. The van der Waals surface area contributed by atoms with Crippen molar-refractivity contribution in [1.82, 2.24) is 19.9 Å². The van der Waals surface area contributed by atoms with Gasteiger partial charge in [0.2, 0.25) is 5.88 Å². The Morgan fingerprint density at radius 1 is 1.10 bits per heavy atom. The van der Waals surface area contributed by atoms with Crippen LogP contribution in [0.25, 0.3) is 10.9 Å². The highest BCUT2D eigenvalue weighted by atomic mass is 19.4. The molecule has 220 valence electrons. The number of nitrogens with zero attached hydrogens (tertiary/aromatic N) is 6. The van der Waals surface area contributed by atoms with Crippen molar-refractivity contribution < 1.29 is 22.7 Å². The number of hydrogen-bond acceptors (Lipinski definition) is 8. The fourth-order valence-electron chi connectivity index (χ4n) is 4.91. The molecule has 1 atom stereocenters. The minimum absolute atomic E-state index is 0.0239. The predicted octanol–water partition coefficient (Wildman–Crippen LogP) is 5.76. The number of benzene rings is 2. The second-order valence-corrected chi connectivity index (χ2v) is 10.2. The van der Waals surface area contributed by atoms with Crippen molar-refractivity contribution in [2.24, 2.45) is 0 Å². The number of aromatic nitrogens is 3. The number of aryl methyl sites for hydroxylation is 1. The summed E-state index contributed by atoms with van der Waals surface area (Å²) in [5, 5.41) is 3.93. The molecule has 4 aromatic rings. The lowest BCUT2D eigenvalue weighted by Gasteiger charge is -2.24. The Morgan fingerprint density at radius 3 is 2.52 bits per heavy atom. The highest BCUT2D eigenvalue weighted by Crippen LogP contribution is 2.37. The Balaban J connectivity index is 1.50. The summed E-state index contributed by atoms with van der Waals surface area (Å²) in [7, 11) is 5.11. The van der Waals surface area contributed by atoms with Crippen molar-refractivity contribution >= 4 is 45.5 Å². The van der Waals surface area contributed by atoms with Crippen LogP contribution in [0, 0.1) is 6.92 Å². The van der Waals surface area contributed by atoms with Gasteiger partial charge in [-0.25, -0.2) is 19.7 Å². The van der Waals surface area contributed by atoms with E-state index in [1.807, 2.05) is 36.2 Å². The van der Waals surface area contributed by atoms with Gasteiger partial charge in [0.25, 0.3) is 0 Å². The molecule has 1 aliphatic rings. The molecule has 1 aliphatic heterocycles. The van der Waals surface area contributed by atoms with Crippen molar-refractivity contribution in [2.75, 3.05) is 55.1 Å². The van der Waals surface area contributed by atoms with Crippen molar-refractivity contribution in [2.45, 2.75) is 26.1 Å². The summed E-state index contributed by atoms with van der Waals surface area (Å²) in [6.07, 6.45) is -2.86. The zero-order chi connectivity index (χ0) is 30.3. The second-order valence-electron chi connectivity index (χ2n) is 10.2. The topological polar surface area (TPSA) is 113 Å². The second kappa shape index (κ2) is 10.9. The molecule has 2 amide bonds. The molecule has 5 rings (SSSR count). The van der Waals surface area contributed by atoms with Gasteiger partial charge in [0.1, 0.15) is 17.3 Å². The van der Waals surface area contributed by atoms with Gasteiger partial charge in [-0.1, -0.05) is 0 Å². The average molecular weight is 581 g/mol. The fraction of sp³-hybridized carbons (Fsp3) is 0.310. The van der Waals surface area contributed by atoms with E-state index in [0.29, 0.717) is 58.5 Å². The van der Waals surface area contributed by atoms with Gasteiger partial charge in [0.05, 0.1) is 36.1 Å². The molecule has 0 saturated carbocycles. The SMILES string of the molecule is COc1ncc(N(C)c2ccc3nc(C)nc(N[C@H](C)c4cc(N)cc(C(F)(F)F)c4)c3c2)cc1N1CCN(C)C1=O. The van der Waals surface area contributed by atoms with Crippen molar-refractivity contribution in [3.05, 3.63) is 65.6 Å². The maximum absolute atomic E-state index is 13.4. The van der Waals surface area contributed by atoms with Crippen LogP contribution in [0.2, 0.25) is 0 Å². The van der Waals surface area contributed by atoms with Crippen LogP contribution in [0.3, 0.4) is 0 Å². The van der Waals surface area contributed by atoms with E-state index >= 15 is 0 Å². The van der Waals surface area contributed by atoms with Crippen LogP contribution < -0.4 is 25.6 Å². The van der Waals surface area contributed by atoms with Crippen molar-refractivity contribution in [1.29, 1.82) is 0 Å². The van der Waals surface area contributed by atoms with E-state index in [-0.39, 0.29) is 11.7 Å². The van der Waals surface area contributed by atoms with Crippen LogP contribution >= 0.6 is 0 Å². The minimum Gasteiger partial charge on any atom is -0.480 e. The molecule has 2 aromatic heterocycles. The number of carbonyl (C=O) groups excluding carboxylic acids is 1. The summed E-state index contributed by atoms with van der Waals surface area (Å²) in [5.41, 5.74) is 8.10. The van der Waals surface area contributed by atoms with Gasteiger partial charge in [-0.2, -0.15) is 13.2 Å². The number of alkyl halides is 3. The smallest absolute Gasteiger partial charge is 0.416 e. The number of likely N-dealkylation sites (N-methyl/N-ethyl adjacent to an activating group) is 1. The number of urea groups is 1. The Morgan fingerprint density at radius 2 is 1.86 bits per heavy atom. The summed E-state index contributed by atoms with van der Waals surface area (Å²) in [5.74, 6) is 1.32. The number of rotatable bonds is 7. The third-order valence-electron chi connectivity index (χ3n) is 7.24. The highest BCUT2D eigenvalue weighted by Gasteiger charge is 2.32. The number of hydrogen-bond donors (Lipinski definition) is 2.